The van der Waals surface area contributed by atoms with Crippen LogP contribution in [0.2, 0.25) is 0 Å². The molecule has 0 spiro atoms. The predicted octanol–water partition coefficient (Wildman–Crippen LogP) is 3.92. The van der Waals surface area contributed by atoms with E-state index in [-0.39, 0.29) is 24.0 Å². The third-order valence-corrected chi connectivity index (χ3v) is 5.29. The van der Waals surface area contributed by atoms with E-state index < -0.39 is 0 Å². The van der Waals surface area contributed by atoms with Gasteiger partial charge in [-0.25, -0.2) is 4.99 Å². The maximum atomic E-state index is 6.14. The van der Waals surface area contributed by atoms with E-state index in [1.54, 1.807) is 0 Å². The summed E-state index contributed by atoms with van der Waals surface area (Å²) in [6.45, 7) is 3.76. The number of aromatic nitrogens is 1. The van der Waals surface area contributed by atoms with E-state index in [1.165, 1.54) is 5.56 Å². The van der Waals surface area contributed by atoms with Gasteiger partial charge in [-0.05, 0) is 42.2 Å². The van der Waals surface area contributed by atoms with Crippen LogP contribution >= 0.6 is 24.0 Å². The molecule has 0 unspecified atom stereocenters. The summed E-state index contributed by atoms with van der Waals surface area (Å²) in [6, 6.07) is 21.3. The minimum Gasteiger partial charge on any atom is -0.370 e. The molecule has 0 atom stereocenters. The zero-order chi connectivity index (χ0) is 19.2. The van der Waals surface area contributed by atoms with Crippen molar-refractivity contribution in [2.24, 2.45) is 10.7 Å². The monoisotopic (exact) mass is 501 g/mol. The Morgan fingerprint density at radius 2 is 1.83 bits per heavy atom. The third-order valence-electron chi connectivity index (χ3n) is 5.29. The summed E-state index contributed by atoms with van der Waals surface area (Å²) in [4.78, 5) is 11.4. The van der Waals surface area contributed by atoms with Gasteiger partial charge in [-0.15, -0.1) is 24.0 Å². The summed E-state index contributed by atoms with van der Waals surface area (Å²) in [7, 11) is 0. The van der Waals surface area contributed by atoms with E-state index in [0.29, 0.717) is 18.5 Å². The van der Waals surface area contributed by atoms with Crippen LogP contribution in [0.1, 0.15) is 24.0 Å². The van der Waals surface area contributed by atoms with Gasteiger partial charge < -0.3 is 11.1 Å². The lowest BCUT2D eigenvalue weighted by molar-refractivity contribution is 0.199. The number of hydrogen-bond acceptors (Lipinski definition) is 3. The molecule has 1 aromatic heterocycles. The van der Waals surface area contributed by atoms with Gasteiger partial charge in [0.1, 0.15) is 0 Å². The molecule has 1 saturated heterocycles. The molecule has 0 amide bonds. The fourth-order valence-corrected chi connectivity index (χ4v) is 3.73. The van der Waals surface area contributed by atoms with Crippen LogP contribution in [-0.2, 0) is 13.1 Å². The molecule has 29 heavy (non-hydrogen) atoms. The lowest BCUT2D eigenvalue weighted by Crippen LogP contribution is -2.46. The molecule has 1 aliphatic rings. The highest BCUT2D eigenvalue weighted by Crippen LogP contribution is 2.15. The molecule has 1 fully saturated rings. The molecule has 4 rings (SSSR count). The van der Waals surface area contributed by atoms with Gasteiger partial charge in [0.2, 0.25) is 0 Å². The lowest BCUT2D eigenvalue weighted by Gasteiger charge is -2.32. The Kier molecular flexibility index (Phi) is 7.83. The van der Waals surface area contributed by atoms with E-state index >= 15 is 0 Å². The van der Waals surface area contributed by atoms with Crippen molar-refractivity contribution in [2.45, 2.75) is 32.0 Å². The summed E-state index contributed by atoms with van der Waals surface area (Å²) in [5.41, 5.74) is 9.66. The summed E-state index contributed by atoms with van der Waals surface area (Å²) in [6.07, 6.45) is 3.99. The first-order chi connectivity index (χ1) is 13.8. The van der Waals surface area contributed by atoms with Crippen molar-refractivity contribution in [3.63, 3.8) is 0 Å². The van der Waals surface area contributed by atoms with Crippen LogP contribution in [0.3, 0.4) is 0 Å². The molecule has 0 saturated carbocycles. The number of likely N-dealkylation sites (tertiary alicyclic amines) is 1. The molecule has 6 heteroatoms. The van der Waals surface area contributed by atoms with Crippen LogP contribution in [0.5, 0.6) is 0 Å². The number of aliphatic imine (C=N–C) groups is 1. The van der Waals surface area contributed by atoms with Crippen molar-refractivity contribution < 1.29 is 0 Å². The van der Waals surface area contributed by atoms with Gasteiger partial charge in [0.15, 0.2) is 5.96 Å². The molecule has 0 bridgehead atoms. The largest absolute Gasteiger partial charge is 0.370 e. The fourth-order valence-electron chi connectivity index (χ4n) is 3.73. The van der Waals surface area contributed by atoms with Crippen molar-refractivity contribution in [1.82, 2.24) is 15.2 Å². The normalized spacial score (nSPS) is 15.8. The molecule has 2 aromatic carbocycles. The Hall–Kier alpha value is -2.19. The quantitative estimate of drug-likeness (QED) is 0.316. The fraction of sp³-hybridized carbons (Fsp3) is 0.304. The number of guanidine groups is 1. The second-order valence-electron chi connectivity index (χ2n) is 7.41. The number of nitrogens with one attached hydrogen (secondary N) is 1. The summed E-state index contributed by atoms with van der Waals surface area (Å²) < 4.78 is 0. The average Bonchev–Trinajstić information content (AvgIpc) is 2.74. The molecule has 0 radical (unpaired) electrons. The highest BCUT2D eigenvalue weighted by atomic mass is 127. The Morgan fingerprint density at radius 1 is 1.03 bits per heavy atom. The number of pyridine rings is 1. The molecule has 5 nitrogen and oxygen atoms in total. The van der Waals surface area contributed by atoms with Crippen LogP contribution in [0.4, 0.5) is 0 Å². The highest BCUT2D eigenvalue weighted by molar-refractivity contribution is 14.0. The summed E-state index contributed by atoms with van der Waals surface area (Å²) in [5, 5.41) is 4.53. The van der Waals surface area contributed by atoms with Gasteiger partial charge in [0, 0.05) is 37.3 Å². The van der Waals surface area contributed by atoms with Crippen LogP contribution in [0.25, 0.3) is 10.9 Å². The van der Waals surface area contributed by atoms with Crippen molar-refractivity contribution >= 4 is 40.8 Å². The second kappa shape index (κ2) is 10.5. The Bertz CT molecular complexity index is 936. The number of piperidine rings is 1. The number of fused-ring (bicyclic) bond motifs is 1. The Morgan fingerprint density at radius 3 is 2.62 bits per heavy atom. The summed E-state index contributed by atoms with van der Waals surface area (Å²) >= 11 is 0. The van der Waals surface area contributed by atoms with Crippen molar-refractivity contribution in [2.75, 3.05) is 13.1 Å². The van der Waals surface area contributed by atoms with Crippen LogP contribution in [0, 0.1) is 0 Å². The number of hydrogen-bond donors (Lipinski definition) is 2. The van der Waals surface area contributed by atoms with E-state index in [2.05, 4.69) is 68.7 Å². The minimum atomic E-state index is 0. The number of nitrogens with zero attached hydrogens (tertiary/aromatic N) is 3. The molecule has 3 aromatic rings. The van der Waals surface area contributed by atoms with Crippen molar-refractivity contribution in [1.29, 1.82) is 0 Å². The maximum Gasteiger partial charge on any atom is 0.189 e. The van der Waals surface area contributed by atoms with E-state index in [0.717, 1.165) is 48.9 Å². The van der Waals surface area contributed by atoms with Gasteiger partial charge in [-0.1, -0.05) is 42.5 Å². The van der Waals surface area contributed by atoms with Gasteiger partial charge >= 0.3 is 0 Å². The van der Waals surface area contributed by atoms with E-state index in [9.17, 15) is 0 Å². The first-order valence-electron chi connectivity index (χ1n) is 9.93. The molecule has 3 N–H and O–H groups in total. The van der Waals surface area contributed by atoms with E-state index in [4.69, 9.17) is 5.73 Å². The topological polar surface area (TPSA) is 66.5 Å². The zero-order valence-corrected chi connectivity index (χ0v) is 18.8. The van der Waals surface area contributed by atoms with Crippen LogP contribution < -0.4 is 11.1 Å². The predicted molar refractivity (Wildman–Crippen MR) is 130 cm³/mol. The molecular formula is C23H28IN5. The first kappa shape index (κ1) is 21.5. The SMILES string of the molecule is I.NC(=NCc1ccc2ncccc2c1)NC1CCN(Cc2ccccc2)CC1. The van der Waals surface area contributed by atoms with Gasteiger partial charge in [0.05, 0.1) is 12.1 Å². The van der Waals surface area contributed by atoms with E-state index in [1.807, 2.05) is 18.3 Å². The minimum absolute atomic E-state index is 0. The van der Waals surface area contributed by atoms with Crippen LogP contribution in [-0.4, -0.2) is 35.0 Å². The van der Waals surface area contributed by atoms with Gasteiger partial charge in [0.25, 0.3) is 0 Å². The second-order valence-corrected chi connectivity index (χ2v) is 7.41. The number of rotatable bonds is 5. The third kappa shape index (κ3) is 6.14. The first-order valence-corrected chi connectivity index (χ1v) is 9.93. The Labute approximate surface area is 189 Å². The van der Waals surface area contributed by atoms with Crippen molar-refractivity contribution in [3.8, 4) is 0 Å². The average molecular weight is 501 g/mol. The number of halogens is 1. The molecule has 1 aliphatic heterocycles. The standard InChI is InChI=1S/C23H27N5.HI/c24-23(26-16-19-8-9-22-20(15-19)7-4-12-25-22)27-21-10-13-28(14-11-21)17-18-5-2-1-3-6-18;/h1-9,12,15,21H,10-11,13-14,16-17H2,(H3,24,26,27);1H. The maximum absolute atomic E-state index is 6.14. The van der Waals surface area contributed by atoms with Gasteiger partial charge in [-0.2, -0.15) is 0 Å². The van der Waals surface area contributed by atoms with Gasteiger partial charge in [-0.3, -0.25) is 9.88 Å². The molecular weight excluding hydrogens is 473 g/mol. The number of benzene rings is 2. The molecule has 2 heterocycles. The number of nitrogens with two attached hydrogens (primary N) is 1. The van der Waals surface area contributed by atoms with Crippen LogP contribution in [0.15, 0.2) is 71.9 Å². The molecule has 0 aliphatic carbocycles. The molecule has 152 valence electrons. The smallest absolute Gasteiger partial charge is 0.189 e. The zero-order valence-electron chi connectivity index (χ0n) is 16.5. The van der Waals surface area contributed by atoms with Crippen molar-refractivity contribution in [3.05, 3.63) is 78.0 Å². The summed E-state index contributed by atoms with van der Waals surface area (Å²) in [5.74, 6) is 0.535. The highest BCUT2D eigenvalue weighted by Gasteiger charge is 2.19. The Balaban J connectivity index is 0.00000240. The lowest BCUT2D eigenvalue weighted by atomic mass is 10.0.